The number of nitrogens with one attached hydrogen (secondary N) is 1. The molecule has 14 heteroatoms. The number of carboxylic acid groups (broad SMARTS) is 1. The van der Waals surface area contributed by atoms with E-state index in [2.05, 4.69) is 10.3 Å². The van der Waals surface area contributed by atoms with Gasteiger partial charge in [-0.25, -0.2) is 21.6 Å². The molecule has 0 atom stereocenters. The Kier molecular flexibility index (Phi) is 9.59. The highest BCUT2D eigenvalue weighted by molar-refractivity contribution is 8.01. The van der Waals surface area contributed by atoms with Crippen molar-refractivity contribution in [2.45, 2.75) is 33.8 Å². The first-order valence-corrected chi connectivity index (χ1v) is 17.0. The van der Waals surface area contributed by atoms with Gasteiger partial charge in [0.25, 0.3) is 0 Å². The van der Waals surface area contributed by atoms with E-state index in [1.165, 1.54) is 30.0 Å². The zero-order chi connectivity index (χ0) is 29.0. The summed E-state index contributed by atoms with van der Waals surface area (Å²) in [7, 11) is -7.22. The fourth-order valence-corrected chi connectivity index (χ4v) is 8.39. The SMILES string of the molecule is CSc1sc(/C(N)=N\C(=O)O)cc1S(=O)(=O)c1cccc(-c2c(C)cccc2NC(=O)CCCS(C)(=O)=O)c1. The van der Waals surface area contributed by atoms with E-state index in [0.29, 0.717) is 21.0 Å². The van der Waals surface area contributed by atoms with Gasteiger partial charge in [-0.15, -0.1) is 23.1 Å². The first-order chi connectivity index (χ1) is 18.2. The van der Waals surface area contributed by atoms with Gasteiger partial charge in [-0.1, -0.05) is 24.3 Å². The molecule has 0 radical (unpaired) electrons. The average molecular weight is 610 g/mol. The molecule has 0 spiro atoms. The second kappa shape index (κ2) is 12.3. The summed E-state index contributed by atoms with van der Waals surface area (Å²) in [5, 5.41) is 11.7. The van der Waals surface area contributed by atoms with Gasteiger partial charge in [0.15, 0.2) is 0 Å². The van der Waals surface area contributed by atoms with Gasteiger partial charge < -0.3 is 16.2 Å². The summed E-state index contributed by atoms with van der Waals surface area (Å²) in [6, 6.07) is 12.9. The molecule has 1 heterocycles. The molecule has 2 aromatic carbocycles. The first kappa shape index (κ1) is 30.3. The second-order valence-corrected chi connectivity index (χ2v) is 14.9. The molecule has 0 aliphatic carbocycles. The Bertz CT molecular complexity index is 1660. The van der Waals surface area contributed by atoms with Crippen LogP contribution < -0.4 is 11.1 Å². The molecular weight excluding hydrogens is 583 g/mol. The Balaban J connectivity index is 2.00. The molecule has 10 nitrogen and oxygen atoms in total. The minimum absolute atomic E-state index is 0.00192. The van der Waals surface area contributed by atoms with Gasteiger partial charge in [0, 0.05) is 23.9 Å². The number of nitrogens with zero attached hydrogens (tertiary/aromatic N) is 1. The standard InChI is InChI=1S/C25H27N3O7S4/c1-15-7-4-10-18(27-21(29)11-6-12-38(3,32)33)22(15)16-8-5-9-17(13-16)39(34,35)20-14-19(37-24(20)36-2)23(26)28-25(30)31/h4-5,7-10,13-14H,6,11-12H2,1-3H3,(H2,26,28)(H,27,29)(H,30,31). The maximum atomic E-state index is 13.7. The van der Waals surface area contributed by atoms with Crippen LogP contribution in [0.1, 0.15) is 23.3 Å². The smallest absolute Gasteiger partial charge is 0.433 e. The summed E-state index contributed by atoms with van der Waals surface area (Å²) in [4.78, 5) is 26.9. The molecular formula is C25H27N3O7S4. The summed E-state index contributed by atoms with van der Waals surface area (Å²) < 4.78 is 50.5. The summed E-state index contributed by atoms with van der Waals surface area (Å²) in [6.07, 6.45) is 1.53. The van der Waals surface area contributed by atoms with Crippen molar-refractivity contribution in [2.75, 3.05) is 23.6 Å². The molecule has 0 saturated heterocycles. The largest absolute Gasteiger partial charge is 0.463 e. The van der Waals surface area contributed by atoms with Gasteiger partial charge in [0.2, 0.25) is 15.7 Å². The van der Waals surface area contributed by atoms with Crippen molar-refractivity contribution in [3.63, 3.8) is 0 Å². The van der Waals surface area contributed by atoms with Gasteiger partial charge in [-0.05, 0) is 55.0 Å². The number of rotatable bonds is 10. The van der Waals surface area contributed by atoms with Crippen LogP contribution in [0.2, 0.25) is 0 Å². The lowest BCUT2D eigenvalue weighted by Gasteiger charge is -2.15. The normalized spacial score (nSPS) is 12.3. The van der Waals surface area contributed by atoms with E-state index in [4.69, 9.17) is 10.8 Å². The number of carbonyl (C=O) groups excluding carboxylic acids is 1. The highest BCUT2D eigenvalue weighted by Gasteiger charge is 2.26. The summed E-state index contributed by atoms with van der Waals surface area (Å²) in [5.41, 5.74) is 8.18. The molecule has 0 saturated carbocycles. The number of aryl methyl sites for hydroxylation is 1. The van der Waals surface area contributed by atoms with E-state index in [0.717, 1.165) is 23.2 Å². The number of thiophene rings is 1. The van der Waals surface area contributed by atoms with Crippen LogP contribution in [0.15, 0.2) is 67.5 Å². The first-order valence-electron chi connectivity index (χ1n) is 11.4. The summed E-state index contributed by atoms with van der Waals surface area (Å²) in [5.74, 6) is -0.753. The Hall–Kier alpha value is -3.20. The molecule has 1 aromatic heterocycles. The number of anilines is 1. The number of amides is 2. The molecule has 3 rings (SSSR count). The number of nitrogens with two attached hydrogens (primary N) is 1. The van der Waals surface area contributed by atoms with E-state index >= 15 is 0 Å². The van der Waals surface area contributed by atoms with E-state index < -0.39 is 25.8 Å². The fraction of sp³-hybridized carbons (Fsp3) is 0.240. The van der Waals surface area contributed by atoms with E-state index in [1.54, 1.807) is 30.5 Å². The topological polar surface area (TPSA) is 173 Å². The number of aliphatic imine (C=N–C) groups is 1. The number of sulfone groups is 2. The Labute approximate surface area is 235 Å². The molecule has 0 aliphatic rings. The third-order valence-electron chi connectivity index (χ3n) is 5.51. The van der Waals surface area contributed by atoms with Crippen LogP contribution >= 0.6 is 23.1 Å². The van der Waals surface area contributed by atoms with Crippen LogP contribution in [0.4, 0.5) is 10.5 Å². The lowest BCUT2D eigenvalue weighted by Crippen LogP contribution is -2.14. The van der Waals surface area contributed by atoms with Gasteiger partial charge >= 0.3 is 6.09 Å². The number of carbonyl (C=O) groups is 2. The van der Waals surface area contributed by atoms with Crippen LogP contribution in [0.25, 0.3) is 11.1 Å². The Morgan fingerprint density at radius 2 is 1.79 bits per heavy atom. The van der Waals surface area contributed by atoms with Crippen LogP contribution in [-0.4, -0.2) is 58.0 Å². The van der Waals surface area contributed by atoms with Crippen LogP contribution in [0.3, 0.4) is 0 Å². The van der Waals surface area contributed by atoms with E-state index in [9.17, 15) is 26.4 Å². The third kappa shape index (κ3) is 7.68. The molecule has 2 amide bonds. The minimum Gasteiger partial charge on any atom is -0.463 e. The molecule has 4 N–H and O–H groups in total. The molecule has 0 bridgehead atoms. The summed E-state index contributed by atoms with van der Waals surface area (Å²) >= 11 is 2.22. The Morgan fingerprint density at radius 3 is 2.44 bits per heavy atom. The van der Waals surface area contributed by atoms with Gasteiger partial charge in [0.1, 0.15) is 15.7 Å². The van der Waals surface area contributed by atoms with E-state index in [-0.39, 0.29) is 45.0 Å². The van der Waals surface area contributed by atoms with Crippen LogP contribution in [-0.2, 0) is 24.5 Å². The van der Waals surface area contributed by atoms with Crippen molar-refractivity contribution in [2.24, 2.45) is 10.7 Å². The van der Waals surface area contributed by atoms with Crippen molar-refractivity contribution in [1.29, 1.82) is 0 Å². The predicted octanol–water partition coefficient (Wildman–Crippen LogP) is 4.42. The third-order valence-corrected chi connectivity index (χ3v) is 10.9. The lowest BCUT2D eigenvalue weighted by molar-refractivity contribution is -0.116. The van der Waals surface area contributed by atoms with Gasteiger partial charge in [-0.3, -0.25) is 4.79 Å². The molecule has 0 unspecified atom stereocenters. The highest BCUT2D eigenvalue weighted by atomic mass is 32.2. The number of hydrogen-bond donors (Lipinski definition) is 3. The van der Waals surface area contributed by atoms with Crippen LogP contribution in [0.5, 0.6) is 0 Å². The van der Waals surface area contributed by atoms with Crippen molar-refractivity contribution in [3.05, 3.63) is 59.0 Å². The van der Waals surface area contributed by atoms with Gasteiger partial charge in [-0.2, -0.15) is 4.99 Å². The predicted molar refractivity (Wildman–Crippen MR) is 154 cm³/mol. The molecule has 39 heavy (non-hydrogen) atoms. The fourth-order valence-electron chi connectivity index (χ4n) is 3.78. The maximum absolute atomic E-state index is 13.7. The number of hydrogen-bond acceptors (Lipinski definition) is 8. The molecule has 208 valence electrons. The average Bonchev–Trinajstić information content (AvgIpc) is 3.29. The second-order valence-electron chi connectivity index (χ2n) is 8.56. The van der Waals surface area contributed by atoms with E-state index in [1.807, 2.05) is 13.0 Å². The maximum Gasteiger partial charge on any atom is 0.433 e. The van der Waals surface area contributed by atoms with Crippen molar-refractivity contribution >= 4 is 66.3 Å². The zero-order valence-corrected chi connectivity index (χ0v) is 24.6. The number of thioether (sulfide) groups is 1. The number of benzene rings is 2. The summed E-state index contributed by atoms with van der Waals surface area (Å²) in [6.45, 7) is 1.83. The molecule has 3 aromatic rings. The van der Waals surface area contributed by atoms with Crippen molar-refractivity contribution in [3.8, 4) is 11.1 Å². The van der Waals surface area contributed by atoms with Crippen molar-refractivity contribution in [1.82, 2.24) is 0 Å². The monoisotopic (exact) mass is 609 g/mol. The van der Waals surface area contributed by atoms with Gasteiger partial charge in [0.05, 0.1) is 24.6 Å². The minimum atomic E-state index is -4.04. The quantitative estimate of drug-likeness (QED) is 0.171. The van der Waals surface area contributed by atoms with Crippen molar-refractivity contribution < 1.29 is 31.5 Å². The molecule has 0 aliphatic heterocycles. The zero-order valence-electron chi connectivity index (χ0n) is 21.3. The van der Waals surface area contributed by atoms with Crippen LogP contribution in [0, 0.1) is 6.92 Å². The highest BCUT2D eigenvalue weighted by Crippen LogP contribution is 2.39. The Morgan fingerprint density at radius 1 is 1.10 bits per heavy atom. The molecule has 0 fully saturated rings. The number of amidine groups is 1. The lowest BCUT2D eigenvalue weighted by atomic mass is 9.98.